The molecule has 124 valence electrons. The zero-order valence-corrected chi connectivity index (χ0v) is 13.8. The van der Waals surface area contributed by atoms with Gasteiger partial charge >= 0.3 is 0 Å². The van der Waals surface area contributed by atoms with Crippen LogP contribution in [0.5, 0.6) is 5.75 Å². The highest BCUT2D eigenvalue weighted by Crippen LogP contribution is 2.21. The molecule has 0 aliphatic heterocycles. The van der Waals surface area contributed by atoms with Gasteiger partial charge in [0.1, 0.15) is 5.69 Å². The summed E-state index contributed by atoms with van der Waals surface area (Å²) in [6, 6.07) is 1.11. The standard InChI is InChI=1S/C16H22N4O3/c1-16(2,3)14(9-20-6-5-17-10-20)19-15(22)11-7-12(21)13(23-4)8-18-11/h5-8,10,14H,9H2,1-4H3,(H,18,21)(H,19,22)/t14-/m1/s1. The summed E-state index contributed by atoms with van der Waals surface area (Å²) in [5.41, 5.74) is -0.291. The highest BCUT2D eigenvalue weighted by molar-refractivity contribution is 5.92. The smallest absolute Gasteiger partial charge is 0.268 e. The molecule has 0 unspecified atom stereocenters. The number of pyridine rings is 1. The van der Waals surface area contributed by atoms with E-state index < -0.39 is 0 Å². The molecule has 2 aromatic rings. The van der Waals surface area contributed by atoms with E-state index in [0.717, 1.165) is 0 Å². The topological polar surface area (TPSA) is 89.0 Å². The lowest BCUT2D eigenvalue weighted by Crippen LogP contribution is -2.46. The third-order valence-electron chi connectivity index (χ3n) is 3.64. The van der Waals surface area contributed by atoms with Crippen LogP contribution in [0.1, 0.15) is 31.3 Å². The van der Waals surface area contributed by atoms with E-state index in [1.807, 2.05) is 31.5 Å². The van der Waals surface area contributed by atoms with Gasteiger partial charge in [-0.15, -0.1) is 0 Å². The molecule has 0 radical (unpaired) electrons. The predicted octanol–water partition coefficient (Wildman–Crippen LogP) is 1.42. The van der Waals surface area contributed by atoms with Gasteiger partial charge in [-0.05, 0) is 5.41 Å². The zero-order valence-electron chi connectivity index (χ0n) is 13.8. The molecule has 7 heteroatoms. The summed E-state index contributed by atoms with van der Waals surface area (Å²) in [5.74, 6) is -0.155. The minimum Gasteiger partial charge on any atom is -0.491 e. The third-order valence-corrected chi connectivity index (χ3v) is 3.64. The van der Waals surface area contributed by atoms with Crippen molar-refractivity contribution in [3.63, 3.8) is 0 Å². The SMILES string of the molecule is COc1c[nH]c(C(=O)N[C@H](Cn2ccnc2)C(C)(C)C)cc1=O. The first-order valence-corrected chi connectivity index (χ1v) is 7.34. The maximum atomic E-state index is 12.4. The Bertz CT molecular complexity index is 714. The number of carbonyl (C=O) groups is 1. The monoisotopic (exact) mass is 318 g/mol. The first kappa shape index (κ1) is 16.8. The van der Waals surface area contributed by atoms with Crippen LogP contribution >= 0.6 is 0 Å². The first-order chi connectivity index (χ1) is 10.8. The number of amides is 1. The predicted molar refractivity (Wildman–Crippen MR) is 86.6 cm³/mol. The van der Waals surface area contributed by atoms with Gasteiger partial charge < -0.3 is 19.6 Å². The summed E-state index contributed by atoms with van der Waals surface area (Å²) in [4.78, 5) is 31.0. The van der Waals surface area contributed by atoms with Crippen molar-refractivity contribution in [3.8, 4) is 5.75 Å². The van der Waals surface area contributed by atoms with Crippen LogP contribution in [0.4, 0.5) is 0 Å². The van der Waals surface area contributed by atoms with Crippen molar-refractivity contribution in [2.45, 2.75) is 33.4 Å². The van der Waals surface area contributed by atoms with E-state index in [2.05, 4.69) is 15.3 Å². The second kappa shape index (κ2) is 6.68. The summed E-state index contributed by atoms with van der Waals surface area (Å²) in [7, 11) is 1.41. The normalized spacial score (nSPS) is 12.7. The molecule has 0 saturated heterocycles. The molecule has 1 amide bonds. The summed E-state index contributed by atoms with van der Waals surface area (Å²) < 4.78 is 6.81. The highest BCUT2D eigenvalue weighted by atomic mass is 16.5. The van der Waals surface area contributed by atoms with Crippen molar-refractivity contribution in [1.82, 2.24) is 19.9 Å². The van der Waals surface area contributed by atoms with Gasteiger partial charge in [0.25, 0.3) is 5.91 Å². The lowest BCUT2D eigenvalue weighted by molar-refractivity contribution is 0.0887. The van der Waals surface area contributed by atoms with Gasteiger partial charge in [-0.2, -0.15) is 0 Å². The largest absolute Gasteiger partial charge is 0.491 e. The van der Waals surface area contributed by atoms with Gasteiger partial charge in [0, 0.05) is 31.2 Å². The number of aromatic amines is 1. The van der Waals surface area contributed by atoms with E-state index in [9.17, 15) is 9.59 Å². The van der Waals surface area contributed by atoms with E-state index in [-0.39, 0.29) is 34.2 Å². The third kappa shape index (κ3) is 4.21. The van der Waals surface area contributed by atoms with Crippen molar-refractivity contribution >= 4 is 5.91 Å². The van der Waals surface area contributed by atoms with Crippen molar-refractivity contribution in [3.05, 3.63) is 46.9 Å². The maximum absolute atomic E-state index is 12.4. The fraction of sp³-hybridized carbons (Fsp3) is 0.438. The van der Waals surface area contributed by atoms with Gasteiger partial charge in [0.15, 0.2) is 5.75 Å². The molecule has 0 aliphatic carbocycles. The van der Waals surface area contributed by atoms with Crippen LogP contribution in [-0.4, -0.2) is 33.6 Å². The number of H-pyrrole nitrogens is 1. The van der Waals surface area contributed by atoms with Crippen LogP contribution in [0.25, 0.3) is 0 Å². The fourth-order valence-corrected chi connectivity index (χ4v) is 2.13. The number of hydrogen-bond donors (Lipinski definition) is 2. The molecule has 23 heavy (non-hydrogen) atoms. The van der Waals surface area contributed by atoms with Crippen LogP contribution in [0, 0.1) is 5.41 Å². The number of nitrogens with one attached hydrogen (secondary N) is 2. The van der Waals surface area contributed by atoms with E-state index in [1.165, 1.54) is 19.4 Å². The first-order valence-electron chi connectivity index (χ1n) is 7.34. The number of carbonyl (C=O) groups excluding carboxylic acids is 1. The van der Waals surface area contributed by atoms with Crippen LogP contribution in [-0.2, 0) is 6.54 Å². The second-order valence-corrected chi connectivity index (χ2v) is 6.43. The van der Waals surface area contributed by atoms with Gasteiger partial charge in [-0.1, -0.05) is 20.8 Å². The highest BCUT2D eigenvalue weighted by Gasteiger charge is 2.27. The Labute approximate surface area is 134 Å². The molecule has 0 fully saturated rings. The van der Waals surface area contributed by atoms with Crippen molar-refractivity contribution in [2.75, 3.05) is 7.11 Å². The lowest BCUT2D eigenvalue weighted by atomic mass is 9.86. The number of ether oxygens (including phenoxy) is 1. The van der Waals surface area contributed by atoms with Crippen LogP contribution in [0.3, 0.4) is 0 Å². The quantitative estimate of drug-likeness (QED) is 0.872. The number of aromatic nitrogens is 3. The number of methoxy groups -OCH3 is 1. The molecule has 2 N–H and O–H groups in total. The number of imidazole rings is 1. The molecule has 0 aliphatic rings. The van der Waals surface area contributed by atoms with Crippen LogP contribution < -0.4 is 15.5 Å². The average Bonchev–Trinajstić information content (AvgIpc) is 2.98. The summed E-state index contributed by atoms with van der Waals surface area (Å²) in [6.45, 7) is 6.73. The van der Waals surface area contributed by atoms with Gasteiger partial charge in [0.05, 0.1) is 19.5 Å². The molecular formula is C16H22N4O3. The Morgan fingerprint density at radius 2 is 2.22 bits per heavy atom. The Morgan fingerprint density at radius 1 is 1.48 bits per heavy atom. The zero-order chi connectivity index (χ0) is 17.0. The van der Waals surface area contributed by atoms with E-state index in [4.69, 9.17) is 4.74 Å². The van der Waals surface area contributed by atoms with Crippen molar-refractivity contribution in [1.29, 1.82) is 0 Å². The second-order valence-electron chi connectivity index (χ2n) is 6.43. The summed E-state index contributed by atoms with van der Waals surface area (Å²) in [6.07, 6.45) is 6.64. The number of hydrogen-bond acceptors (Lipinski definition) is 4. The minimum absolute atomic E-state index is 0.130. The molecule has 0 bridgehead atoms. The van der Waals surface area contributed by atoms with Crippen molar-refractivity contribution in [2.24, 2.45) is 5.41 Å². The molecule has 2 heterocycles. The molecule has 7 nitrogen and oxygen atoms in total. The van der Waals surface area contributed by atoms with E-state index in [1.54, 1.807) is 12.5 Å². The Balaban J connectivity index is 2.17. The molecular weight excluding hydrogens is 296 g/mol. The lowest BCUT2D eigenvalue weighted by Gasteiger charge is -2.31. The average molecular weight is 318 g/mol. The molecule has 1 atom stereocenters. The molecule has 0 aromatic carbocycles. The maximum Gasteiger partial charge on any atom is 0.268 e. The number of nitrogens with zero attached hydrogens (tertiary/aromatic N) is 2. The Kier molecular flexibility index (Phi) is 4.88. The van der Waals surface area contributed by atoms with Gasteiger partial charge in [-0.25, -0.2) is 4.98 Å². The van der Waals surface area contributed by atoms with Crippen LogP contribution in [0.15, 0.2) is 35.8 Å². The molecule has 0 saturated carbocycles. The Morgan fingerprint density at radius 3 is 2.74 bits per heavy atom. The Hall–Kier alpha value is -2.57. The van der Waals surface area contributed by atoms with Gasteiger partial charge in [-0.3, -0.25) is 9.59 Å². The summed E-state index contributed by atoms with van der Waals surface area (Å²) in [5, 5.41) is 2.98. The van der Waals surface area contributed by atoms with E-state index in [0.29, 0.717) is 6.54 Å². The van der Waals surface area contributed by atoms with Crippen LogP contribution in [0.2, 0.25) is 0 Å². The molecule has 2 aromatic heterocycles. The molecule has 0 spiro atoms. The number of rotatable bonds is 5. The fourth-order valence-electron chi connectivity index (χ4n) is 2.13. The van der Waals surface area contributed by atoms with E-state index >= 15 is 0 Å². The van der Waals surface area contributed by atoms with Crippen molar-refractivity contribution < 1.29 is 9.53 Å². The van der Waals surface area contributed by atoms with Gasteiger partial charge in [0.2, 0.25) is 5.43 Å². The minimum atomic E-state index is -0.335. The summed E-state index contributed by atoms with van der Waals surface area (Å²) >= 11 is 0. The molecule has 2 rings (SSSR count).